The normalized spacial score (nSPS) is 28.1. The maximum atomic E-state index is 12.6. The third kappa shape index (κ3) is 2.74. The van der Waals surface area contributed by atoms with Gasteiger partial charge in [-0.1, -0.05) is 11.6 Å². The van der Waals surface area contributed by atoms with Crippen LogP contribution >= 0.6 is 28.3 Å². The number of aryl methyl sites for hydroxylation is 1. The largest absolute Gasteiger partial charge is 0.338 e. The summed E-state index contributed by atoms with van der Waals surface area (Å²) in [4.78, 5) is 14.6. The average molecular weight is 360 g/mol. The summed E-state index contributed by atoms with van der Waals surface area (Å²) < 4.78 is 0.879. The highest BCUT2D eigenvalue weighted by molar-refractivity contribution is 9.10. The van der Waals surface area contributed by atoms with Crippen molar-refractivity contribution in [1.82, 2.24) is 4.90 Å². The van der Waals surface area contributed by atoms with Gasteiger partial charge in [-0.15, -0.1) is 12.4 Å². The summed E-state index contributed by atoms with van der Waals surface area (Å²) >= 11 is 3.48. The monoisotopic (exact) mass is 358 g/mol. The molecule has 3 rings (SSSR count). The predicted molar refractivity (Wildman–Crippen MR) is 86.2 cm³/mol. The number of carbonyl (C=O) groups is 1. The zero-order valence-electron chi connectivity index (χ0n) is 11.5. The van der Waals surface area contributed by atoms with E-state index in [1.165, 1.54) is 6.42 Å². The van der Waals surface area contributed by atoms with E-state index in [0.29, 0.717) is 11.8 Å². The SMILES string of the molecule is Cc1ccc(Br)c(C(=O)N2CC3CCC(N)C3C2)c1.Cl. The summed E-state index contributed by atoms with van der Waals surface area (Å²) in [5.74, 6) is 1.26. The van der Waals surface area contributed by atoms with Crippen molar-refractivity contribution in [2.24, 2.45) is 17.6 Å². The molecule has 3 atom stereocenters. The summed E-state index contributed by atoms with van der Waals surface area (Å²) in [5, 5.41) is 0. The number of rotatable bonds is 1. The van der Waals surface area contributed by atoms with Gasteiger partial charge in [-0.25, -0.2) is 0 Å². The van der Waals surface area contributed by atoms with Gasteiger partial charge < -0.3 is 10.6 Å². The van der Waals surface area contributed by atoms with Crippen molar-refractivity contribution in [2.75, 3.05) is 13.1 Å². The molecule has 2 N–H and O–H groups in total. The van der Waals surface area contributed by atoms with Gasteiger partial charge in [0.1, 0.15) is 0 Å². The highest BCUT2D eigenvalue weighted by atomic mass is 79.9. The van der Waals surface area contributed by atoms with Crippen LogP contribution in [0.2, 0.25) is 0 Å². The van der Waals surface area contributed by atoms with E-state index in [2.05, 4.69) is 15.9 Å². The number of nitrogens with two attached hydrogens (primary N) is 1. The molecule has 0 aromatic heterocycles. The van der Waals surface area contributed by atoms with Gasteiger partial charge >= 0.3 is 0 Å². The van der Waals surface area contributed by atoms with Crippen LogP contribution in [0.1, 0.15) is 28.8 Å². The van der Waals surface area contributed by atoms with Crippen molar-refractivity contribution in [2.45, 2.75) is 25.8 Å². The van der Waals surface area contributed by atoms with E-state index in [9.17, 15) is 4.79 Å². The number of likely N-dealkylation sites (tertiary alicyclic amines) is 1. The Labute approximate surface area is 134 Å². The number of nitrogens with zero attached hydrogens (tertiary/aromatic N) is 1. The molecule has 5 heteroatoms. The van der Waals surface area contributed by atoms with Crippen LogP contribution < -0.4 is 5.73 Å². The Kier molecular flexibility index (Phi) is 4.77. The van der Waals surface area contributed by atoms with E-state index in [1.807, 2.05) is 30.0 Å². The van der Waals surface area contributed by atoms with E-state index in [-0.39, 0.29) is 24.4 Å². The third-order valence-electron chi connectivity index (χ3n) is 4.55. The quantitative estimate of drug-likeness (QED) is 0.838. The first-order valence-electron chi connectivity index (χ1n) is 6.87. The van der Waals surface area contributed by atoms with Crippen LogP contribution in [0.15, 0.2) is 22.7 Å². The van der Waals surface area contributed by atoms with E-state index in [0.717, 1.165) is 35.1 Å². The minimum atomic E-state index is 0. The van der Waals surface area contributed by atoms with E-state index >= 15 is 0 Å². The maximum absolute atomic E-state index is 12.6. The van der Waals surface area contributed by atoms with Crippen molar-refractivity contribution >= 4 is 34.2 Å². The fourth-order valence-corrected chi connectivity index (χ4v) is 3.86. The van der Waals surface area contributed by atoms with Crippen LogP contribution in [0, 0.1) is 18.8 Å². The van der Waals surface area contributed by atoms with E-state index in [1.54, 1.807) is 0 Å². The fourth-order valence-electron chi connectivity index (χ4n) is 3.45. The zero-order chi connectivity index (χ0) is 13.6. The summed E-state index contributed by atoms with van der Waals surface area (Å²) in [6.45, 7) is 3.71. The van der Waals surface area contributed by atoms with Crippen LogP contribution in [0.3, 0.4) is 0 Å². The number of hydrogen-bond acceptors (Lipinski definition) is 2. The number of carbonyl (C=O) groups excluding carboxylic acids is 1. The molecule has 3 unspecified atom stereocenters. The van der Waals surface area contributed by atoms with Crippen LogP contribution in [-0.2, 0) is 0 Å². The third-order valence-corrected chi connectivity index (χ3v) is 5.24. The van der Waals surface area contributed by atoms with Crippen molar-refractivity contribution in [3.63, 3.8) is 0 Å². The number of halogens is 2. The molecule has 0 spiro atoms. The molecule has 110 valence electrons. The Hall–Kier alpha value is -0.580. The van der Waals surface area contributed by atoms with Crippen molar-refractivity contribution in [3.8, 4) is 0 Å². The van der Waals surface area contributed by atoms with Crippen molar-refractivity contribution < 1.29 is 4.79 Å². The maximum Gasteiger partial charge on any atom is 0.255 e. The molecule has 3 nitrogen and oxygen atoms in total. The smallest absolute Gasteiger partial charge is 0.255 e. The lowest BCUT2D eigenvalue weighted by molar-refractivity contribution is 0.0778. The second-order valence-corrected chi connectivity index (χ2v) is 6.71. The van der Waals surface area contributed by atoms with Gasteiger partial charge in [-0.05, 0) is 59.7 Å². The molecular weight excluding hydrogens is 340 g/mol. The van der Waals surface area contributed by atoms with Gasteiger partial charge in [-0.3, -0.25) is 4.79 Å². The van der Waals surface area contributed by atoms with Crippen LogP contribution in [0.5, 0.6) is 0 Å². The predicted octanol–water partition coefficient (Wildman–Crippen LogP) is 2.99. The molecule has 1 aliphatic carbocycles. The first-order valence-corrected chi connectivity index (χ1v) is 7.66. The zero-order valence-corrected chi connectivity index (χ0v) is 13.9. The highest BCUT2D eigenvalue weighted by Gasteiger charge is 2.42. The standard InChI is InChI=1S/C15H19BrN2O.ClH/c1-9-2-4-13(16)11(6-9)15(19)18-7-10-3-5-14(17)12(10)8-18;/h2,4,6,10,12,14H,3,5,7-8,17H2,1H3;1H. The number of amides is 1. The number of benzene rings is 1. The minimum absolute atomic E-state index is 0. The molecule has 1 saturated heterocycles. The summed E-state index contributed by atoms with van der Waals surface area (Å²) in [7, 11) is 0. The Bertz CT molecular complexity index is 523. The first kappa shape index (κ1) is 15.8. The van der Waals surface area contributed by atoms with Crippen LogP contribution in [0.25, 0.3) is 0 Å². The average Bonchev–Trinajstić information content (AvgIpc) is 2.94. The van der Waals surface area contributed by atoms with Gasteiger partial charge in [-0.2, -0.15) is 0 Å². The molecule has 20 heavy (non-hydrogen) atoms. The molecule has 0 radical (unpaired) electrons. The molecule has 1 heterocycles. The lowest BCUT2D eigenvalue weighted by atomic mass is 9.98. The van der Waals surface area contributed by atoms with Gasteiger partial charge in [0.05, 0.1) is 5.56 Å². The van der Waals surface area contributed by atoms with Gasteiger partial charge in [0.25, 0.3) is 5.91 Å². The number of fused-ring (bicyclic) bond motifs is 1. The first-order chi connectivity index (χ1) is 9.06. The van der Waals surface area contributed by atoms with E-state index < -0.39 is 0 Å². The second kappa shape index (κ2) is 6.04. The van der Waals surface area contributed by atoms with Crippen molar-refractivity contribution in [3.05, 3.63) is 33.8 Å². The Morgan fingerprint density at radius 2 is 2.10 bits per heavy atom. The molecule has 1 saturated carbocycles. The molecule has 0 bridgehead atoms. The lowest BCUT2D eigenvalue weighted by Crippen LogP contribution is -2.33. The molecule has 2 aliphatic rings. The van der Waals surface area contributed by atoms with Crippen molar-refractivity contribution in [1.29, 1.82) is 0 Å². The van der Waals surface area contributed by atoms with Gasteiger partial charge in [0.15, 0.2) is 0 Å². The minimum Gasteiger partial charge on any atom is -0.338 e. The van der Waals surface area contributed by atoms with Gasteiger partial charge in [0.2, 0.25) is 0 Å². The molecule has 1 aliphatic heterocycles. The van der Waals surface area contributed by atoms with Gasteiger partial charge in [0, 0.05) is 23.6 Å². The molecule has 1 aromatic carbocycles. The fraction of sp³-hybridized carbons (Fsp3) is 0.533. The topological polar surface area (TPSA) is 46.3 Å². The highest BCUT2D eigenvalue weighted by Crippen LogP contribution is 2.38. The summed E-state index contributed by atoms with van der Waals surface area (Å²) in [6, 6.07) is 6.20. The molecule has 2 fully saturated rings. The Morgan fingerprint density at radius 3 is 2.80 bits per heavy atom. The second-order valence-electron chi connectivity index (χ2n) is 5.86. The molecule has 1 aromatic rings. The summed E-state index contributed by atoms with van der Waals surface area (Å²) in [6.07, 6.45) is 2.29. The van der Waals surface area contributed by atoms with Crippen LogP contribution in [-0.4, -0.2) is 29.9 Å². The molecular formula is C15H20BrClN2O. The number of hydrogen-bond donors (Lipinski definition) is 1. The van der Waals surface area contributed by atoms with E-state index in [4.69, 9.17) is 5.73 Å². The summed E-state index contributed by atoms with van der Waals surface area (Å²) in [5.41, 5.74) is 8.01. The van der Waals surface area contributed by atoms with Crippen LogP contribution in [0.4, 0.5) is 0 Å². The Balaban J connectivity index is 0.00000147. The molecule has 1 amide bonds. The lowest BCUT2D eigenvalue weighted by Gasteiger charge is -2.19. The Morgan fingerprint density at radius 1 is 1.35 bits per heavy atom.